The molecule has 152 valence electrons. The molecule has 4 fully saturated rings. The first-order valence-corrected chi connectivity index (χ1v) is 11.6. The Morgan fingerprint density at radius 1 is 1.22 bits per heavy atom. The SMILES string of the molecule is C=C1C(O)[C@@]23CC[C@H]4[C@@](C)(CCC[C@@]4(C)C(=O)OCCBr)[C@@H]2CC[C@]1(O)C3. The predicted molar refractivity (Wildman–Crippen MR) is 107 cm³/mol. The fourth-order valence-corrected chi connectivity index (χ4v) is 8.07. The lowest BCUT2D eigenvalue weighted by atomic mass is 9.40. The van der Waals surface area contributed by atoms with Gasteiger partial charge >= 0.3 is 5.97 Å². The molecule has 0 heterocycles. The molecule has 0 radical (unpaired) electrons. The molecule has 1 spiro atoms. The van der Waals surface area contributed by atoms with Gasteiger partial charge in [-0.25, -0.2) is 0 Å². The summed E-state index contributed by atoms with van der Waals surface area (Å²) in [5, 5.41) is 22.8. The fourth-order valence-electron chi connectivity index (χ4n) is 7.91. The van der Waals surface area contributed by atoms with Gasteiger partial charge in [0.25, 0.3) is 0 Å². The van der Waals surface area contributed by atoms with E-state index in [4.69, 9.17) is 4.74 Å². The van der Waals surface area contributed by atoms with Crippen molar-refractivity contribution < 1.29 is 19.7 Å². The Morgan fingerprint density at radius 3 is 2.63 bits per heavy atom. The van der Waals surface area contributed by atoms with Crippen LogP contribution in [0.25, 0.3) is 0 Å². The van der Waals surface area contributed by atoms with E-state index in [1.807, 2.05) is 0 Å². The maximum atomic E-state index is 13.0. The van der Waals surface area contributed by atoms with E-state index in [1.165, 1.54) is 0 Å². The van der Waals surface area contributed by atoms with Crippen LogP contribution in [0.1, 0.15) is 65.2 Å². The Labute approximate surface area is 170 Å². The van der Waals surface area contributed by atoms with Gasteiger partial charge in [-0.2, -0.15) is 0 Å². The number of ether oxygens (including phenoxy) is 1. The molecule has 4 nitrogen and oxygen atoms in total. The summed E-state index contributed by atoms with van der Waals surface area (Å²) < 4.78 is 5.59. The summed E-state index contributed by atoms with van der Waals surface area (Å²) in [6.07, 6.45) is 6.36. The van der Waals surface area contributed by atoms with E-state index >= 15 is 0 Å². The van der Waals surface area contributed by atoms with Gasteiger partial charge in [0.15, 0.2) is 0 Å². The number of aliphatic hydroxyl groups is 2. The van der Waals surface area contributed by atoms with Crippen LogP contribution < -0.4 is 0 Å². The molecule has 0 aromatic heterocycles. The number of halogens is 1. The van der Waals surface area contributed by atoms with Crippen molar-refractivity contribution in [2.75, 3.05) is 11.9 Å². The van der Waals surface area contributed by atoms with Gasteiger partial charge in [0, 0.05) is 10.7 Å². The Kier molecular flexibility index (Phi) is 4.65. The van der Waals surface area contributed by atoms with E-state index in [2.05, 4.69) is 36.4 Å². The molecule has 0 saturated heterocycles. The molecule has 4 aliphatic rings. The van der Waals surface area contributed by atoms with Crippen LogP contribution in [0.4, 0.5) is 0 Å². The van der Waals surface area contributed by atoms with E-state index in [0.29, 0.717) is 36.3 Å². The van der Waals surface area contributed by atoms with Crippen LogP contribution in [0, 0.1) is 28.1 Å². The lowest BCUT2D eigenvalue weighted by Gasteiger charge is -2.64. The van der Waals surface area contributed by atoms with E-state index < -0.39 is 17.1 Å². The van der Waals surface area contributed by atoms with Crippen molar-refractivity contribution in [1.29, 1.82) is 0 Å². The first-order chi connectivity index (χ1) is 12.6. The maximum absolute atomic E-state index is 13.0. The van der Waals surface area contributed by atoms with Crippen LogP contribution in [-0.2, 0) is 9.53 Å². The molecule has 4 aliphatic carbocycles. The summed E-state index contributed by atoms with van der Waals surface area (Å²) >= 11 is 3.35. The summed E-state index contributed by atoms with van der Waals surface area (Å²) in [4.78, 5) is 13.0. The molecular formula is C22H33BrO4. The zero-order valence-electron chi connectivity index (χ0n) is 16.6. The van der Waals surface area contributed by atoms with Crippen molar-refractivity contribution in [2.45, 2.75) is 76.9 Å². The number of hydrogen-bond acceptors (Lipinski definition) is 4. The Morgan fingerprint density at radius 2 is 1.93 bits per heavy atom. The molecule has 2 bridgehead atoms. The predicted octanol–water partition coefficient (Wildman–Crippen LogP) is 3.98. The van der Waals surface area contributed by atoms with E-state index in [1.54, 1.807) is 0 Å². The van der Waals surface area contributed by atoms with Crippen molar-refractivity contribution in [3.8, 4) is 0 Å². The van der Waals surface area contributed by atoms with Crippen LogP contribution in [0.15, 0.2) is 12.2 Å². The average molecular weight is 441 g/mol. The molecule has 2 N–H and O–H groups in total. The molecule has 4 saturated carbocycles. The third-order valence-corrected chi connectivity index (χ3v) is 9.41. The monoisotopic (exact) mass is 440 g/mol. The molecule has 7 atom stereocenters. The standard InChI is InChI=1S/C22H33BrO4/c1-14-17(24)21-9-5-15-19(2,16(21)6-10-22(14,26)13-21)7-4-8-20(15,3)18(25)27-12-11-23/h15-17,24,26H,1,4-13H2,2-3H3/t15-,16-,17?,19+,20+,21+,22-/m0/s1. The van der Waals surface area contributed by atoms with Crippen molar-refractivity contribution in [1.82, 2.24) is 0 Å². The van der Waals surface area contributed by atoms with Crippen LogP contribution in [0.2, 0.25) is 0 Å². The summed E-state index contributed by atoms with van der Waals surface area (Å²) in [5.41, 5.74) is -1.00. The first-order valence-electron chi connectivity index (χ1n) is 10.5. The third-order valence-electron chi connectivity index (χ3n) is 9.08. The number of esters is 1. The number of alkyl halides is 1. The van der Waals surface area contributed by atoms with Gasteiger partial charge in [-0.15, -0.1) is 0 Å². The van der Waals surface area contributed by atoms with Gasteiger partial charge in [0.05, 0.1) is 17.1 Å². The molecule has 0 aliphatic heterocycles. The summed E-state index contributed by atoms with van der Waals surface area (Å²) in [6.45, 7) is 8.94. The number of carbonyl (C=O) groups is 1. The average Bonchev–Trinajstić information content (AvgIpc) is 2.76. The second-order valence-electron chi connectivity index (χ2n) is 10.2. The molecular weight excluding hydrogens is 408 g/mol. The molecule has 0 amide bonds. The van der Waals surface area contributed by atoms with Crippen LogP contribution >= 0.6 is 15.9 Å². The minimum absolute atomic E-state index is 0.00833. The lowest BCUT2D eigenvalue weighted by molar-refractivity contribution is -0.198. The van der Waals surface area contributed by atoms with Crippen molar-refractivity contribution in [3.05, 3.63) is 12.2 Å². The minimum atomic E-state index is -0.897. The Hall–Kier alpha value is -0.390. The molecule has 0 aromatic rings. The minimum Gasteiger partial charge on any atom is -0.464 e. The van der Waals surface area contributed by atoms with E-state index in [0.717, 1.165) is 38.5 Å². The smallest absolute Gasteiger partial charge is 0.312 e. The number of aliphatic hydroxyl groups excluding tert-OH is 1. The fraction of sp³-hybridized carbons (Fsp3) is 0.864. The van der Waals surface area contributed by atoms with Gasteiger partial charge in [-0.3, -0.25) is 4.79 Å². The summed E-state index contributed by atoms with van der Waals surface area (Å²) in [5.74, 6) is 0.531. The molecule has 4 rings (SSSR count). The van der Waals surface area contributed by atoms with E-state index in [9.17, 15) is 15.0 Å². The normalized spacial score (nSPS) is 51.4. The van der Waals surface area contributed by atoms with Crippen molar-refractivity contribution >= 4 is 21.9 Å². The zero-order valence-corrected chi connectivity index (χ0v) is 18.2. The third kappa shape index (κ3) is 2.50. The topological polar surface area (TPSA) is 66.8 Å². The second-order valence-corrected chi connectivity index (χ2v) is 10.9. The van der Waals surface area contributed by atoms with E-state index in [-0.39, 0.29) is 22.7 Å². The first kappa shape index (κ1) is 19.9. The van der Waals surface area contributed by atoms with Gasteiger partial charge < -0.3 is 14.9 Å². The number of rotatable bonds is 3. The Bertz CT molecular complexity index is 665. The molecule has 1 unspecified atom stereocenters. The molecule has 27 heavy (non-hydrogen) atoms. The second kappa shape index (κ2) is 6.30. The highest BCUT2D eigenvalue weighted by Gasteiger charge is 2.70. The molecule has 5 heteroatoms. The number of carbonyl (C=O) groups excluding carboxylic acids is 1. The zero-order chi connectivity index (χ0) is 19.7. The highest BCUT2D eigenvalue weighted by molar-refractivity contribution is 9.09. The Balaban J connectivity index is 1.70. The van der Waals surface area contributed by atoms with Gasteiger partial charge in [0.1, 0.15) is 6.61 Å². The van der Waals surface area contributed by atoms with Crippen LogP contribution in [0.3, 0.4) is 0 Å². The summed E-state index contributed by atoms with van der Waals surface area (Å²) in [6, 6.07) is 0. The number of hydrogen-bond donors (Lipinski definition) is 2. The van der Waals surface area contributed by atoms with Crippen LogP contribution in [0.5, 0.6) is 0 Å². The van der Waals surface area contributed by atoms with Gasteiger partial charge in [-0.1, -0.05) is 35.9 Å². The molecule has 0 aromatic carbocycles. The summed E-state index contributed by atoms with van der Waals surface area (Å²) in [7, 11) is 0. The van der Waals surface area contributed by atoms with Crippen molar-refractivity contribution in [2.24, 2.45) is 28.1 Å². The maximum Gasteiger partial charge on any atom is 0.312 e. The lowest BCUT2D eigenvalue weighted by Crippen LogP contribution is -2.61. The highest BCUT2D eigenvalue weighted by Crippen LogP contribution is 2.72. The van der Waals surface area contributed by atoms with Gasteiger partial charge in [0.2, 0.25) is 0 Å². The van der Waals surface area contributed by atoms with Gasteiger partial charge in [-0.05, 0) is 74.7 Å². The van der Waals surface area contributed by atoms with Crippen molar-refractivity contribution in [3.63, 3.8) is 0 Å². The van der Waals surface area contributed by atoms with Crippen LogP contribution in [-0.4, -0.2) is 39.8 Å². The number of fused-ring (bicyclic) bond motifs is 3. The highest BCUT2D eigenvalue weighted by atomic mass is 79.9. The largest absolute Gasteiger partial charge is 0.464 e. The quantitative estimate of drug-likeness (QED) is 0.395.